The van der Waals surface area contributed by atoms with Crippen LogP contribution in [0.25, 0.3) is 0 Å². The third-order valence-corrected chi connectivity index (χ3v) is 3.33. The summed E-state index contributed by atoms with van der Waals surface area (Å²) in [6.45, 7) is 8.55. The molecule has 5 nitrogen and oxygen atoms in total. The molecule has 0 aromatic heterocycles. The lowest BCUT2D eigenvalue weighted by Crippen LogP contribution is -2.42. The Balaban J connectivity index is 2.25. The van der Waals surface area contributed by atoms with Crippen LogP contribution in [-0.2, 0) is 0 Å². The maximum atomic E-state index is 11.9. The maximum Gasteiger partial charge on any atom is 0.317 e. The molecule has 106 valence electrons. The molecular formula is C13H28N4O. The molecule has 1 saturated heterocycles. The lowest BCUT2D eigenvalue weighted by atomic mass is 10.3. The molecule has 1 fully saturated rings. The number of urea groups is 1. The first kappa shape index (κ1) is 15.2. The topological polar surface area (TPSA) is 61.6 Å². The number of carbonyl (C=O) groups is 1. The molecule has 18 heavy (non-hydrogen) atoms. The minimum Gasteiger partial charge on any atom is -0.338 e. The van der Waals surface area contributed by atoms with Crippen molar-refractivity contribution < 1.29 is 4.79 Å². The first-order valence-electron chi connectivity index (χ1n) is 7.23. The largest absolute Gasteiger partial charge is 0.338 e. The maximum absolute atomic E-state index is 11.9. The number of unbranched alkanes of at least 4 members (excludes halogenated alkanes) is 1. The highest BCUT2D eigenvalue weighted by Crippen LogP contribution is 2.04. The Morgan fingerprint density at radius 2 is 2.06 bits per heavy atom. The van der Waals surface area contributed by atoms with Gasteiger partial charge in [0.05, 0.1) is 0 Å². The van der Waals surface area contributed by atoms with Crippen molar-refractivity contribution in [3.63, 3.8) is 0 Å². The van der Waals surface area contributed by atoms with E-state index in [4.69, 9.17) is 5.73 Å². The fourth-order valence-corrected chi connectivity index (χ4v) is 2.22. The molecule has 1 aliphatic heterocycles. The van der Waals surface area contributed by atoms with Crippen molar-refractivity contribution in [1.29, 1.82) is 0 Å². The number of hydrogen-bond acceptors (Lipinski definition) is 3. The SMILES string of the molecule is CCCNC(=O)N1CCCN(CCCCN)CC1. The van der Waals surface area contributed by atoms with Crippen LogP contribution in [0.5, 0.6) is 0 Å². The Morgan fingerprint density at radius 3 is 2.78 bits per heavy atom. The summed E-state index contributed by atoms with van der Waals surface area (Å²) < 4.78 is 0. The summed E-state index contributed by atoms with van der Waals surface area (Å²) in [5.74, 6) is 0. The van der Waals surface area contributed by atoms with Gasteiger partial charge in [-0.3, -0.25) is 0 Å². The molecule has 0 atom stereocenters. The molecule has 0 aromatic carbocycles. The van der Waals surface area contributed by atoms with Crippen molar-refractivity contribution in [1.82, 2.24) is 15.1 Å². The van der Waals surface area contributed by atoms with Gasteiger partial charge in [0, 0.05) is 26.2 Å². The summed E-state index contributed by atoms with van der Waals surface area (Å²) in [6.07, 6.45) is 4.32. The average molecular weight is 256 g/mol. The molecule has 0 aliphatic carbocycles. The molecular weight excluding hydrogens is 228 g/mol. The van der Waals surface area contributed by atoms with Gasteiger partial charge >= 0.3 is 6.03 Å². The molecule has 0 radical (unpaired) electrons. The van der Waals surface area contributed by atoms with Gasteiger partial charge in [0.15, 0.2) is 0 Å². The van der Waals surface area contributed by atoms with Crippen LogP contribution in [0.2, 0.25) is 0 Å². The second kappa shape index (κ2) is 9.16. The lowest BCUT2D eigenvalue weighted by molar-refractivity contribution is 0.198. The van der Waals surface area contributed by atoms with E-state index >= 15 is 0 Å². The van der Waals surface area contributed by atoms with E-state index in [-0.39, 0.29) is 6.03 Å². The number of rotatable bonds is 6. The van der Waals surface area contributed by atoms with Gasteiger partial charge in [-0.15, -0.1) is 0 Å². The van der Waals surface area contributed by atoms with Gasteiger partial charge in [-0.05, 0) is 45.3 Å². The minimum atomic E-state index is 0.0978. The van der Waals surface area contributed by atoms with Gasteiger partial charge in [0.25, 0.3) is 0 Å². The van der Waals surface area contributed by atoms with Crippen LogP contribution < -0.4 is 11.1 Å². The Morgan fingerprint density at radius 1 is 1.22 bits per heavy atom. The van der Waals surface area contributed by atoms with Crippen molar-refractivity contribution in [2.75, 3.05) is 45.8 Å². The second-order valence-electron chi connectivity index (χ2n) is 4.91. The van der Waals surface area contributed by atoms with Crippen LogP contribution in [0.3, 0.4) is 0 Å². The third kappa shape index (κ3) is 5.69. The quantitative estimate of drug-likeness (QED) is 0.693. The Bertz CT molecular complexity index is 235. The van der Waals surface area contributed by atoms with E-state index in [0.717, 1.165) is 65.1 Å². The lowest BCUT2D eigenvalue weighted by Gasteiger charge is -2.22. The summed E-state index contributed by atoms with van der Waals surface area (Å²) in [5.41, 5.74) is 5.50. The molecule has 1 rings (SSSR count). The van der Waals surface area contributed by atoms with Crippen LogP contribution in [0.15, 0.2) is 0 Å². The van der Waals surface area contributed by atoms with Crippen molar-refractivity contribution >= 4 is 6.03 Å². The Labute approximate surface area is 111 Å². The van der Waals surface area contributed by atoms with E-state index in [1.54, 1.807) is 0 Å². The molecule has 0 unspecified atom stereocenters. The molecule has 0 aromatic rings. The molecule has 5 heteroatoms. The van der Waals surface area contributed by atoms with Crippen LogP contribution in [0, 0.1) is 0 Å². The zero-order chi connectivity index (χ0) is 13.2. The summed E-state index contributed by atoms with van der Waals surface area (Å²) in [4.78, 5) is 16.2. The van der Waals surface area contributed by atoms with Crippen molar-refractivity contribution in [3.05, 3.63) is 0 Å². The molecule has 0 bridgehead atoms. The summed E-state index contributed by atoms with van der Waals surface area (Å²) in [7, 11) is 0. The summed E-state index contributed by atoms with van der Waals surface area (Å²) >= 11 is 0. The van der Waals surface area contributed by atoms with E-state index < -0.39 is 0 Å². The van der Waals surface area contributed by atoms with E-state index in [0.29, 0.717) is 0 Å². The van der Waals surface area contributed by atoms with Gasteiger partial charge in [-0.25, -0.2) is 4.79 Å². The predicted molar refractivity (Wildman–Crippen MR) is 74.6 cm³/mol. The van der Waals surface area contributed by atoms with Crippen molar-refractivity contribution in [2.24, 2.45) is 5.73 Å². The van der Waals surface area contributed by atoms with E-state index in [2.05, 4.69) is 17.1 Å². The molecule has 0 saturated carbocycles. The smallest absolute Gasteiger partial charge is 0.317 e. The predicted octanol–water partition coefficient (Wildman–Crippen LogP) is 0.853. The highest BCUT2D eigenvalue weighted by atomic mass is 16.2. The molecule has 1 aliphatic rings. The number of hydrogen-bond donors (Lipinski definition) is 2. The van der Waals surface area contributed by atoms with E-state index in [1.165, 1.54) is 6.42 Å². The summed E-state index contributed by atoms with van der Waals surface area (Å²) in [6, 6.07) is 0.0978. The van der Waals surface area contributed by atoms with Crippen LogP contribution in [0.4, 0.5) is 4.79 Å². The monoisotopic (exact) mass is 256 g/mol. The number of nitrogens with one attached hydrogen (secondary N) is 1. The second-order valence-corrected chi connectivity index (χ2v) is 4.91. The van der Waals surface area contributed by atoms with Crippen LogP contribution >= 0.6 is 0 Å². The van der Waals surface area contributed by atoms with Crippen molar-refractivity contribution in [2.45, 2.75) is 32.6 Å². The Hall–Kier alpha value is -0.810. The van der Waals surface area contributed by atoms with Gasteiger partial charge in [-0.1, -0.05) is 6.92 Å². The van der Waals surface area contributed by atoms with Crippen LogP contribution in [-0.4, -0.2) is 61.6 Å². The highest BCUT2D eigenvalue weighted by Gasteiger charge is 2.18. The van der Waals surface area contributed by atoms with Gasteiger partial charge < -0.3 is 20.9 Å². The zero-order valence-corrected chi connectivity index (χ0v) is 11.7. The highest BCUT2D eigenvalue weighted by molar-refractivity contribution is 5.74. The number of nitrogens with zero attached hydrogens (tertiary/aromatic N) is 2. The minimum absolute atomic E-state index is 0.0978. The van der Waals surface area contributed by atoms with Crippen molar-refractivity contribution in [3.8, 4) is 0 Å². The normalized spacial score (nSPS) is 17.6. The van der Waals surface area contributed by atoms with Gasteiger partial charge in [0.1, 0.15) is 0 Å². The first-order chi connectivity index (χ1) is 8.77. The van der Waals surface area contributed by atoms with E-state index in [9.17, 15) is 4.79 Å². The van der Waals surface area contributed by atoms with Crippen LogP contribution in [0.1, 0.15) is 32.6 Å². The van der Waals surface area contributed by atoms with Gasteiger partial charge in [0.2, 0.25) is 0 Å². The van der Waals surface area contributed by atoms with Gasteiger partial charge in [-0.2, -0.15) is 0 Å². The average Bonchev–Trinajstić information content (AvgIpc) is 2.62. The fraction of sp³-hybridized carbons (Fsp3) is 0.923. The molecule has 0 spiro atoms. The molecule has 2 amide bonds. The standard InChI is InChI=1S/C13H28N4O/c1-2-7-15-13(18)17-10-5-9-16(11-12-17)8-4-3-6-14/h2-12,14H2,1H3,(H,15,18). The molecule has 1 heterocycles. The number of carbonyl (C=O) groups excluding carboxylic acids is 1. The number of nitrogens with two attached hydrogens (primary N) is 1. The number of amides is 2. The fourth-order valence-electron chi connectivity index (χ4n) is 2.22. The first-order valence-corrected chi connectivity index (χ1v) is 7.23. The summed E-state index contributed by atoms with van der Waals surface area (Å²) in [5, 5.41) is 2.95. The zero-order valence-electron chi connectivity index (χ0n) is 11.7. The molecule has 3 N–H and O–H groups in total. The van der Waals surface area contributed by atoms with E-state index in [1.807, 2.05) is 4.90 Å². The Kier molecular flexibility index (Phi) is 7.76. The third-order valence-electron chi connectivity index (χ3n) is 3.33.